The molecule has 3 nitrogen and oxygen atoms in total. The number of aryl methyl sites for hydroxylation is 1. The third-order valence-corrected chi connectivity index (χ3v) is 4.81. The number of nitriles is 1. The number of hydrogen-bond acceptors (Lipinski definition) is 3. The highest BCUT2D eigenvalue weighted by Gasteiger charge is 2.17. The van der Waals surface area contributed by atoms with Crippen molar-refractivity contribution in [2.45, 2.75) is 5.03 Å². The van der Waals surface area contributed by atoms with Gasteiger partial charge in [-0.2, -0.15) is 5.26 Å². The molecule has 0 atom stereocenters. The number of hydrogen-bond donors (Lipinski definition) is 1. The van der Waals surface area contributed by atoms with E-state index < -0.39 is 0 Å². The van der Waals surface area contributed by atoms with E-state index in [-0.39, 0.29) is 0 Å². The van der Waals surface area contributed by atoms with Crippen LogP contribution in [0.25, 0.3) is 32.8 Å². The first-order valence-electron chi connectivity index (χ1n) is 7.26. The Labute approximate surface area is 139 Å². The van der Waals surface area contributed by atoms with Crippen molar-refractivity contribution < 1.29 is 0 Å². The standard InChI is InChI=1S/C19H13N3S/c1-22-17-11-21-9-8-16(17)18(19(22)23)15-7-6-12(10-20)13-4-2-3-5-14(13)15/h2-9,11,23H,1H3. The second-order valence-electron chi connectivity index (χ2n) is 5.47. The normalized spacial score (nSPS) is 11.0. The summed E-state index contributed by atoms with van der Waals surface area (Å²) >= 11 is 4.73. The predicted octanol–water partition coefficient (Wildman–Crippen LogP) is 4.55. The summed E-state index contributed by atoms with van der Waals surface area (Å²) < 4.78 is 2.04. The Kier molecular flexibility index (Phi) is 3.10. The first-order chi connectivity index (χ1) is 11.2. The lowest BCUT2D eigenvalue weighted by Gasteiger charge is -2.09. The van der Waals surface area contributed by atoms with Crippen LogP contribution in [0.15, 0.2) is 59.9 Å². The fourth-order valence-electron chi connectivity index (χ4n) is 3.15. The van der Waals surface area contributed by atoms with Crippen molar-refractivity contribution in [3.8, 4) is 17.2 Å². The molecule has 2 heterocycles. The summed E-state index contributed by atoms with van der Waals surface area (Å²) in [5.74, 6) is 0. The van der Waals surface area contributed by atoms with Crippen molar-refractivity contribution in [2.75, 3.05) is 0 Å². The van der Waals surface area contributed by atoms with Crippen LogP contribution in [-0.4, -0.2) is 9.55 Å². The molecule has 0 radical (unpaired) electrons. The minimum absolute atomic E-state index is 0.687. The lowest BCUT2D eigenvalue weighted by atomic mass is 9.95. The number of aromatic nitrogens is 2. The van der Waals surface area contributed by atoms with Gasteiger partial charge in [-0.05, 0) is 23.1 Å². The minimum atomic E-state index is 0.687. The zero-order valence-corrected chi connectivity index (χ0v) is 13.4. The summed E-state index contributed by atoms with van der Waals surface area (Å²) in [6.45, 7) is 0. The van der Waals surface area contributed by atoms with E-state index in [0.717, 1.165) is 37.8 Å². The molecular formula is C19H13N3S. The van der Waals surface area contributed by atoms with Crippen molar-refractivity contribution in [3.05, 3.63) is 60.4 Å². The van der Waals surface area contributed by atoms with Crippen LogP contribution < -0.4 is 0 Å². The van der Waals surface area contributed by atoms with Crippen molar-refractivity contribution in [2.24, 2.45) is 7.05 Å². The van der Waals surface area contributed by atoms with E-state index in [9.17, 15) is 5.26 Å². The average molecular weight is 315 g/mol. The van der Waals surface area contributed by atoms with Gasteiger partial charge in [0.1, 0.15) is 0 Å². The summed E-state index contributed by atoms with van der Waals surface area (Å²) in [7, 11) is 1.99. The van der Waals surface area contributed by atoms with Gasteiger partial charge in [-0.15, -0.1) is 12.6 Å². The third kappa shape index (κ3) is 1.94. The van der Waals surface area contributed by atoms with E-state index in [4.69, 9.17) is 12.6 Å². The van der Waals surface area contributed by atoms with Gasteiger partial charge in [0.05, 0.1) is 28.4 Å². The maximum Gasteiger partial charge on any atom is 0.0998 e. The van der Waals surface area contributed by atoms with E-state index in [0.29, 0.717) is 5.56 Å². The quantitative estimate of drug-likeness (QED) is 0.523. The molecular weight excluding hydrogens is 302 g/mol. The van der Waals surface area contributed by atoms with E-state index in [1.54, 1.807) is 6.20 Å². The Balaban J connectivity index is 2.17. The van der Waals surface area contributed by atoms with Gasteiger partial charge in [-0.1, -0.05) is 30.3 Å². The Morgan fingerprint density at radius 1 is 1.04 bits per heavy atom. The van der Waals surface area contributed by atoms with Gasteiger partial charge in [0.15, 0.2) is 0 Å². The van der Waals surface area contributed by atoms with Gasteiger partial charge < -0.3 is 4.57 Å². The Morgan fingerprint density at radius 2 is 1.83 bits per heavy atom. The topological polar surface area (TPSA) is 41.6 Å². The Morgan fingerprint density at radius 3 is 2.61 bits per heavy atom. The summed E-state index contributed by atoms with van der Waals surface area (Å²) in [5, 5.41) is 13.4. The molecule has 4 heteroatoms. The van der Waals surface area contributed by atoms with Crippen molar-refractivity contribution >= 4 is 34.3 Å². The molecule has 0 fully saturated rings. The molecule has 0 saturated carbocycles. The molecule has 23 heavy (non-hydrogen) atoms. The molecule has 110 valence electrons. The van der Waals surface area contributed by atoms with Gasteiger partial charge in [0.2, 0.25) is 0 Å². The predicted molar refractivity (Wildman–Crippen MR) is 95.6 cm³/mol. The van der Waals surface area contributed by atoms with Crippen molar-refractivity contribution in [1.29, 1.82) is 5.26 Å². The number of thiol groups is 1. The van der Waals surface area contributed by atoms with Crippen molar-refractivity contribution in [3.63, 3.8) is 0 Å². The van der Waals surface area contributed by atoms with Crippen LogP contribution >= 0.6 is 12.6 Å². The highest BCUT2D eigenvalue weighted by atomic mass is 32.1. The van der Waals surface area contributed by atoms with Gasteiger partial charge in [-0.25, -0.2) is 0 Å². The molecule has 4 aromatic rings. The molecule has 0 spiro atoms. The zero-order valence-electron chi connectivity index (χ0n) is 12.5. The lowest BCUT2D eigenvalue weighted by Crippen LogP contribution is -1.88. The second kappa shape index (κ2) is 5.15. The molecule has 0 saturated heterocycles. The van der Waals surface area contributed by atoms with Crippen LogP contribution in [0.1, 0.15) is 5.56 Å². The average Bonchev–Trinajstić information content (AvgIpc) is 2.85. The van der Waals surface area contributed by atoms with Crippen LogP contribution in [0.3, 0.4) is 0 Å². The fraction of sp³-hybridized carbons (Fsp3) is 0.0526. The van der Waals surface area contributed by atoms with Crippen LogP contribution in [0.4, 0.5) is 0 Å². The van der Waals surface area contributed by atoms with Crippen LogP contribution in [0.2, 0.25) is 0 Å². The summed E-state index contributed by atoms with van der Waals surface area (Å²) in [4.78, 5) is 4.21. The van der Waals surface area contributed by atoms with Crippen LogP contribution in [0, 0.1) is 11.3 Å². The number of rotatable bonds is 1. The molecule has 2 aromatic carbocycles. The summed E-state index contributed by atoms with van der Waals surface area (Å²) in [5.41, 5.74) is 3.89. The molecule has 2 aromatic heterocycles. The molecule has 0 bridgehead atoms. The SMILES string of the molecule is Cn1c(S)c(-c2ccc(C#N)c3ccccc23)c2ccncc21. The fourth-order valence-corrected chi connectivity index (χ4v) is 3.50. The second-order valence-corrected chi connectivity index (χ2v) is 5.89. The molecule has 0 aliphatic rings. The first-order valence-corrected chi connectivity index (χ1v) is 7.70. The summed E-state index contributed by atoms with van der Waals surface area (Å²) in [6, 6.07) is 16.2. The lowest BCUT2D eigenvalue weighted by molar-refractivity contribution is 0.866. The summed E-state index contributed by atoms with van der Waals surface area (Å²) in [6.07, 6.45) is 3.65. The maximum absolute atomic E-state index is 9.35. The largest absolute Gasteiger partial charge is 0.337 e. The number of benzene rings is 2. The minimum Gasteiger partial charge on any atom is -0.337 e. The van der Waals surface area contributed by atoms with E-state index in [2.05, 4.69) is 17.1 Å². The molecule has 0 unspecified atom stereocenters. The van der Waals surface area contributed by atoms with E-state index in [1.165, 1.54) is 0 Å². The molecule has 0 amide bonds. The molecule has 0 aliphatic carbocycles. The monoisotopic (exact) mass is 315 g/mol. The van der Waals surface area contributed by atoms with Crippen molar-refractivity contribution in [1.82, 2.24) is 9.55 Å². The number of pyridine rings is 1. The van der Waals surface area contributed by atoms with Gasteiger partial charge in [0.25, 0.3) is 0 Å². The third-order valence-electron chi connectivity index (χ3n) is 4.29. The molecule has 4 rings (SSSR count). The Hall–Kier alpha value is -2.77. The van der Waals surface area contributed by atoms with Gasteiger partial charge in [0, 0.05) is 29.6 Å². The zero-order chi connectivity index (χ0) is 16.0. The highest BCUT2D eigenvalue weighted by molar-refractivity contribution is 7.80. The number of fused-ring (bicyclic) bond motifs is 2. The van der Waals surface area contributed by atoms with Gasteiger partial charge >= 0.3 is 0 Å². The maximum atomic E-state index is 9.35. The van der Waals surface area contributed by atoms with E-state index in [1.807, 2.05) is 54.2 Å². The smallest absolute Gasteiger partial charge is 0.0998 e. The highest BCUT2D eigenvalue weighted by Crippen LogP contribution is 2.40. The molecule has 0 aliphatic heterocycles. The van der Waals surface area contributed by atoms with Gasteiger partial charge in [-0.3, -0.25) is 4.98 Å². The Bertz CT molecular complexity index is 1100. The number of nitrogens with zero attached hydrogens (tertiary/aromatic N) is 3. The molecule has 0 N–H and O–H groups in total. The van der Waals surface area contributed by atoms with Crippen LogP contribution in [-0.2, 0) is 7.05 Å². The van der Waals surface area contributed by atoms with Crippen LogP contribution in [0.5, 0.6) is 0 Å². The first kappa shape index (κ1) is 13.9. The van der Waals surface area contributed by atoms with E-state index >= 15 is 0 Å².